The molecule has 0 aliphatic rings. The minimum atomic E-state index is -0.135. The van der Waals surface area contributed by atoms with Crippen LogP contribution in [0.1, 0.15) is 18.1 Å². The summed E-state index contributed by atoms with van der Waals surface area (Å²) in [4.78, 5) is 13.7. The van der Waals surface area contributed by atoms with E-state index in [2.05, 4.69) is 41.7 Å². The lowest BCUT2D eigenvalue weighted by atomic mass is 9.89. The average Bonchev–Trinajstić information content (AvgIpc) is 2.89. The second kappa shape index (κ2) is 9.50. The average molecular weight is 476 g/mol. The molecule has 0 amide bonds. The Bertz CT molecular complexity index is 1590. The van der Waals surface area contributed by atoms with Crippen molar-refractivity contribution in [3.05, 3.63) is 90.5 Å². The van der Waals surface area contributed by atoms with Gasteiger partial charge >= 0.3 is 6.01 Å². The second-order valence-corrected chi connectivity index (χ2v) is 8.30. The van der Waals surface area contributed by atoms with Gasteiger partial charge in [-0.15, -0.1) is 0 Å². The predicted octanol–water partition coefficient (Wildman–Crippen LogP) is 6.79. The Labute approximate surface area is 209 Å². The zero-order valence-corrected chi connectivity index (χ0v) is 20.1. The van der Waals surface area contributed by atoms with E-state index in [1.165, 1.54) is 12.1 Å². The second-order valence-electron chi connectivity index (χ2n) is 8.30. The van der Waals surface area contributed by atoms with E-state index in [9.17, 15) is 10.2 Å². The Balaban J connectivity index is 1.84. The van der Waals surface area contributed by atoms with Crippen molar-refractivity contribution >= 4 is 16.8 Å². The van der Waals surface area contributed by atoms with E-state index in [4.69, 9.17) is 9.72 Å². The first kappa shape index (κ1) is 23.1. The molecule has 0 saturated carbocycles. The molecule has 2 N–H and O–H groups in total. The van der Waals surface area contributed by atoms with Gasteiger partial charge in [0.25, 0.3) is 0 Å². The van der Waals surface area contributed by atoms with Crippen molar-refractivity contribution in [2.75, 3.05) is 6.61 Å². The third kappa shape index (κ3) is 4.03. The van der Waals surface area contributed by atoms with Crippen LogP contribution in [0.15, 0.2) is 79.4 Å². The highest BCUT2D eigenvalue weighted by Crippen LogP contribution is 2.40. The van der Waals surface area contributed by atoms with Crippen molar-refractivity contribution in [2.24, 2.45) is 0 Å². The molecule has 0 radical (unpaired) electrons. The van der Waals surface area contributed by atoms with Crippen LogP contribution in [0.5, 0.6) is 17.5 Å². The van der Waals surface area contributed by atoms with Gasteiger partial charge in [-0.05, 0) is 65.1 Å². The van der Waals surface area contributed by atoms with Crippen molar-refractivity contribution in [3.8, 4) is 51.4 Å². The van der Waals surface area contributed by atoms with Crippen LogP contribution < -0.4 is 4.74 Å². The Morgan fingerprint density at radius 2 is 1.44 bits per heavy atom. The van der Waals surface area contributed by atoms with Gasteiger partial charge in [0.2, 0.25) is 0 Å². The van der Waals surface area contributed by atoms with E-state index in [1.807, 2.05) is 49.4 Å². The number of aromatic nitrogens is 3. The summed E-state index contributed by atoms with van der Waals surface area (Å²) in [6.07, 6.45) is 1.85. The van der Waals surface area contributed by atoms with Crippen LogP contribution in [-0.4, -0.2) is 31.8 Å². The van der Waals surface area contributed by atoms with Gasteiger partial charge in [-0.1, -0.05) is 67.3 Å². The standard InChI is InChI=1S/C30H25N3O3/c1-4-19-11-6-7-13-21(19)23-17-24(22-14-9-8-12-20(22)18(23)3)28-31-29(33-30(32-28)36-5-2)27-25(34)15-10-16-26(27)35/h4,6-17,34-35H,1,5H2,2-3H3. The molecular formula is C30H25N3O3. The molecule has 6 heteroatoms. The monoisotopic (exact) mass is 475 g/mol. The van der Waals surface area contributed by atoms with E-state index in [0.29, 0.717) is 12.4 Å². The summed E-state index contributed by atoms with van der Waals surface area (Å²) in [6.45, 7) is 8.28. The molecule has 4 aromatic carbocycles. The lowest BCUT2D eigenvalue weighted by Crippen LogP contribution is -2.04. The van der Waals surface area contributed by atoms with Gasteiger partial charge in [0.1, 0.15) is 17.1 Å². The lowest BCUT2D eigenvalue weighted by Gasteiger charge is -2.16. The van der Waals surface area contributed by atoms with Crippen molar-refractivity contribution < 1.29 is 14.9 Å². The number of phenols is 2. The van der Waals surface area contributed by atoms with Crippen LogP contribution in [0.2, 0.25) is 0 Å². The number of fused-ring (bicyclic) bond motifs is 1. The molecule has 0 unspecified atom stereocenters. The Morgan fingerprint density at radius 3 is 2.17 bits per heavy atom. The molecule has 0 fully saturated rings. The van der Waals surface area contributed by atoms with Gasteiger partial charge in [-0.2, -0.15) is 9.97 Å². The number of aryl methyl sites for hydroxylation is 1. The van der Waals surface area contributed by atoms with Gasteiger partial charge in [0, 0.05) is 5.56 Å². The van der Waals surface area contributed by atoms with Gasteiger partial charge in [0.05, 0.1) is 6.61 Å². The minimum Gasteiger partial charge on any atom is -0.507 e. The normalized spacial score (nSPS) is 10.9. The topological polar surface area (TPSA) is 88.4 Å². The molecule has 0 saturated heterocycles. The number of phenolic OH excluding ortho intramolecular Hbond substituents is 2. The molecule has 36 heavy (non-hydrogen) atoms. The van der Waals surface area contributed by atoms with E-state index in [-0.39, 0.29) is 28.9 Å². The van der Waals surface area contributed by atoms with E-state index >= 15 is 0 Å². The molecule has 0 aliphatic heterocycles. The number of ether oxygens (including phenoxy) is 1. The zero-order chi connectivity index (χ0) is 25.2. The quantitative estimate of drug-likeness (QED) is 0.281. The first-order valence-electron chi connectivity index (χ1n) is 11.7. The van der Waals surface area contributed by atoms with Gasteiger partial charge in [-0.25, -0.2) is 4.98 Å². The number of aromatic hydroxyl groups is 2. The van der Waals surface area contributed by atoms with E-state index in [0.717, 1.165) is 38.6 Å². The van der Waals surface area contributed by atoms with Gasteiger partial charge in [-0.3, -0.25) is 0 Å². The van der Waals surface area contributed by atoms with Crippen molar-refractivity contribution in [1.29, 1.82) is 0 Å². The molecule has 5 rings (SSSR count). The lowest BCUT2D eigenvalue weighted by molar-refractivity contribution is 0.312. The summed E-state index contributed by atoms with van der Waals surface area (Å²) in [7, 11) is 0. The highest BCUT2D eigenvalue weighted by atomic mass is 16.5. The molecule has 0 bridgehead atoms. The van der Waals surface area contributed by atoms with Crippen LogP contribution in [0.4, 0.5) is 0 Å². The van der Waals surface area contributed by atoms with Gasteiger partial charge < -0.3 is 14.9 Å². The molecule has 0 atom stereocenters. The molecule has 0 aliphatic carbocycles. The molecule has 6 nitrogen and oxygen atoms in total. The number of hydrogen-bond acceptors (Lipinski definition) is 6. The maximum absolute atomic E-state index is 10.5. The first-order chi connectivity index (χ1) is 17.5. The van der Waals surface area contributed by atoms with E-state index in [1.54, 1.807) is 6.07 Å². The molecule has 5 aromatic rings. The fourth-order valence-corrected chi connectivity index (χ4v) is 4.45. The maximum atomic E-state index is 10.5. The SMILES string of the molecule is C=Cc1ccccc1-c1cc(-c2nc(OCC)nc(-c3c(O)cccc3O)n2)c2ccccc2c1C. The number of rotatable bonds is 6. The summed E-state index contributed by atoms with van der Waals surface area (Å²) in [5.74, 6) is 0.226. The number of hydrogen-bond donors (Lipinski definition) is 2. The molecular weight excluding hydrogens is 450 g/mol. The summed E-state index contributed by atoms with van der Waals surface area (Å²) < 4.78 is 5.66. The number of benzene rings is 4. The molecule has 1 heterocycles. The van der Waals surface area contributed by atoms with Crippen LogP contribution in [0.25, 0.3) is 50.8 Å². The Morgan fingerprint density at radius 1 is 0.778 bits per heavy atom. The highest BCUT2D eigenvalue weighted by molar-refractivity contribution is 6.02. The highest BCUT2D eigenvalue weighted by Gasteiger charge is 2.20. The smallest absolute Gasteiger partial charge is 0.320 e. The van der Waals surface area contributed by atoms with E-state index < -0.39 is 0 Å². The van der Waals surface area contributed by atoms with Crippen LogP contribution in [0.3, 0.4) is 0 Å². The van der Waals surface area contributed by atoms with Crippen molar-refractivity contribution in [1.82, 2.24) is 15.0 Å². The van der Waals surface area contributed by atoms with Crippen LogP contribution in [0, 0.1) is 6.92 Å². The molecule has 178 valence electrons. The first-order valence-corrected chi connectivity index (χ1v) is 11.7. The summed E-state index contributed by atoms with van der Waals surface area (Å²) in [6, 6.07) is 22.9. The summed E-state index contributed by atoms with van der Waals surface area (Å²) >= 11 is 0. The van der Waals surface area contributed by atoms with Gasteiger partial charge in [0.15, 0.2) is 11.6 Å². The zero-order valence-electron chi connectivity index (χ0n) is 20.1. The fourth-order valence-electron chi connectivity index (χ4n) is 4.45. The predicted molar refractivity (Wildman–Crippen MR) is 143 cm³/mol. The van der Waals surface area contributed by atoms with Crippen LogP contribution in [-0.2, 0) is 0 Å². The molecule has 1 aromatic heterocycles. The molecule has 0 spiro atoms. The minimum absolute atomic E-state index is 0.109. The third-order valence-corrected chi connectivity index (χ3v) is 6.16. The van der Waals surface area contributed by atoms with Crippen molar-refractivity contribution in [2.45, 2.75) is 13.8 Å². The summed E-state index contributed by atoms with van der Waals surface area (Å²) in [5.41, 5.74) is 5.13. The third-order valence-electron chi connectivity index (χ3n) is 6.16. The maximum Gasteiger partial charge on any atom is 0.320 e. The Kier molecular flexibility index (Phi) is 6.09. The largest absolute Gasteiger partial charge is 0.507 e. The fraction of sp³-hybridized carbons (Fsp3) is 0.100. The Hall–Kier alpha value is -4.71. The number of nitrogens with zero attached hydrogens (tertiary/aromatic N) is 3. The summed E-state index contributed by atoms with van der Waals surface area (Å²) in [5, 5.41) is 23.0. The van der Waals surface area contributed by atoms with Crippen LogP contribution >= 0.6 is 0 Å². The van der Waals surface area contributed by atoms with Crippen molar-refractivity contribution in [3.63, 3.8) is 0 Å².